The first-order chi connectivity index (χ1) is 9.66. The molecule has 0 N–H and O–H groups in total. The molecule has 0 unspecified atom stereocenters. The van der Waals surface area contributed by atoms with Gasteiger partial charge in [-0.2, -0.15) is 0 Å². The quantitative estimate of drug-likeness (QED) is 0.855. The van der Waals surface area contributed by atoms with Gasteiger partial charge in [-0.15, -0.1) is 0 Å². The van der Waals surface area contributed by atoms with Crippen LogP contribution in [0.2, 0.25) is 0 Å². The maximum Gasteiger partial charge on any atom is 0.227 e. The highest BCUT2D eigenvalue weighted by Gasteiger charge is 2.33. The van der Waals surface area contributed by atoms with Gasteiger partial charge in [-0.05, 0) is 28.7 Å². The van der Waals surface area contributed by atoms with Crippen LogP contribution in [-0.4, -0.2) is 42.9 Å². The zero-order valence-corrected chi connectivity index (χ0v) is 13.6. The smallest absolute Gasteiger partial charge is 0.227 e. The number of carbonyl (C=O) groups is 1. The number of benzene rings is 1. The van der Waals surface area contributed by atoms with Gasteiger partial charge in [0.1, 0.15) is 5.82 Å². The second-order valence-corrected chi connectivity index (χ2v) is 7.22. The molecule has 3 nitrogen and oxygen atoms in total. The topological polar surface area (TPSA) is 23.6 Å². The molecule has 0 bridgehead atoms. The fourth-order valence-electron chi connectivity index (χ4n) is 2.65. The predicted octanol–water partition coefficient (Wildman–Crippen LogP) is 2.64. The van der Waals surface area contributed by atoms with Crippen LogP contribution in [0.25, 0.3) is 0 Å². The largest absolute Gasteiger partial charge is 0.348 e. The first kappa shape index (κ1) is 16.0. The van der Waals surface area contributed by atoms with E-state index in [1.54, 1.807) is 31.1 Å². The van der Waals surface area contributed by atoms with Crippen molar-refractivity contribution in [2.75, 3.05) is 27.2 Å². The zero-order chi connectivity index (χ0) is 15.8. The van der Waals surface area contributed by atoms with Crippen LogP contribution in [0, 0.1) is 11.7 Å². The molecule has 1 aromatic rings. The fraction of sp³-hybridized carbons (Fsp3) is 0.588. The van der Waals surface area contributed by atoms with Crippen LogP contribution in [0.1, 0.15) is 31.9 Å². The molecule has 1 amide bonds. The van der Waals surface area contributed by atoms with Gasteiger partial charge in [0.05, 0.1) is 5.92 Å². The van der Waals surface area contributed by atoms with E-state index in [4.69, 9.17) is 0 Å². The summed E-state index contributed by atoms with van der Waals surface area (Å²) in [6.07, 6.45) is 0. The molecule has 1 saturated heterocycles. The summed E-state index contributed by atoms with van der Waals surface area (Å²) in [5, 5.41) is 0. The van der Waals surface area contributed by atoms with Crippen molar-refractivity contribution in [3.8, 4) is 0 Å². The van der Waals surface area contributed by atoms with Crippen molar-refractivity contribution in [1.82, 2.24) is 9.80 Å². The maximum absolute atomic E-state index is 13.8. The normalized spacial score (nSPS) is 16.7. The Hall–Kier alpha value is -1.42. The van der Waals surface area contributed by atoms with Crippen molar-refractivity contribution in [3.63, 3.8) is 0 Å². The maximum atomic E-state index is 13.8. The molecule has 116 valence electrons. The van der Waals surface area contributed by atoms with Crippen LogP contribution in [0.15, 0.2) is 18.2 Å². The van der Waals surface area contributed by atoms with E-state index in [0.29, 0.717) is 6.54 Å². The molecule has 0 spiro atoms. The SMILES string of the molecule is CN(C)C(=O)C1CN(Cc2cc(F)cc(C(C)(C)C)c2)C1. The average molecular weight is 292 g/mol. The van der Waals surface area contributed by atoms with Gasteiger partial charge in [-0.25, -0.2) is 4.39 Å². The highest BCUT2D eigenvalue weighted by molar-refractivity contribution is 5.79. The molecule has 0 saturated carbocycles. The molecule has 1 fully saturated rings. The van der Waals surface area contributed by atoms with Crippen molar-refractivity contribution in [2.24, 2.45) is 5.92 Å². The summed E-state index contributed by atoms with van der Waals surface area (Å²) in [4.78, 5) is 15.6. The monoisotopic (exact) mass is 292 g/mol. The lowest BCUT2D eigenvalue weighted by atomic mass is 9.86. The Morgan fingerprint density at radius 1 is 1.29 bits per heavy atom. The van der Waals surface area contributed by atoms with E-state index >= 15 is 0 Å². The molecule has 0 radical (unpaired) electrons. The van der Waals surface area contributed by atoms with Crippen molar-refractivity contribution >= 4 is 5.91 Å². The summed E-state index contributed by atoms with van der Waals surface area (Å²) in [5.74, 6) is 0.0929. The Balaban J connectivity index is 1.99. The predicted molar refractivity (Wildman–Crippen MR) is 82.6 cm³/mol. The van der Waals surface area contributed by atoms with Crippen LogP contribution in [-0.2, 0) is 16.8 Å². The lowest BCUT2D eigenvalue weighted by molar-refractivity contribution is -0.138. The van der Waals surface area contributed by atoms with Gasteiger partial charge in [-0.1, -0.05) is 26.8 Å². The average Bonchev–Trinajstić information content (AvgIpc) is 2.30. The number of likely N-dealkylation sites (tertiary alicyclic amines) is 1. The van der Waals surface area contributed by atoms with Crippen molar-refractivity contribution in [3.05, 3.63) is 35.1 Å². The lowest BCUT2D eigenvalue weighted by Crippen LogP contribution is -2.52. The minimum absolute atomic E-state index is 0.0603. The van der Waals surface area contributed by atoms with Gasteiger partial charge in [-0.3, -0.25) is 9.69 Å². The Labute approximate surface area is 126 Å². The van der Waals surface area contributed by atoms with Crippen LogP contribution in [0.4, 0.5) is 4.39 Å². The summed E-state index contributed by atoms with van der Waals surface area (Å²) >= 11 is 0. The second-order valence-electron chi connectivity index (χ2n) is 7.22. The molecule has 0 aromatic heterocycles. The third kappa shape index (κ3) is 3.82. The first-order valence-corrected chi connectivity index (χ1v) is 7.40. The van der Waals surface area contributed by atoms with Crippen LogP contribution < -0.4 is 0 Å². The molecule has 21 heavy (non-hydrogen) atoms. The molecule has 0 aliphatic carbocycles. The van der Waals surface area contributed by atoms with Crippen molar-refractivity contribution in [1.29, 1.82) is 0 Å². The zero-order valence-electron chi connectivity index (χ0n) is 13.6. The number of rotatable bonds is 3. The minimum atomic E-state index is -0.182. The summed E-state index contributed by atoms with van der Waals surface area (Å²) in [6.45, 7) is 8.48. The van der Waals surface area contributed by atoms with E-state index in [1.807, 2.05) is 0 Å². The standard InChI is InChI=1S/C17H25FN2O/c1-17(2,3)14-6-12(7-15(18)8-14)9-20-10-13(11-20)16(21)19(4)5/h6-8,13H,9-11H2,1-5H3. The number of nitrogens with zero attached hydrogens (tertiary/aromatic N) is 2. The molecule has 1 heterocycles. The van der Waals surface area contributed by atoms with E-state index in [1.165, 1.54) is 0 Å². The summed E-state index contributed by atoms with van der Waals surface area (Å²) < 4.78 is 13.8. The van der Waals surface area contributed by atoms with Gasteiger partial charge >= 0.3 is 0 Å². The molecule has 1 aromatic carbocycles. The number of hydrogen-bond donors (Lipinski definition) is 0. The Kier molecular flexibility index (Phi) is 4.38. The van der Waals surface area contributed by atoms with Crippen LogP contribution in [0.5, 0.6) is 0 Å². The third-order valence-corrected chi connectivity index (χ3v) is 3.98. The summed E-state index contributed by atoms with van der Waals surface area (Å²) in [5.41, 5.74) is 1.93. The highest BCUT2D eigenvalue weighted by Crippen LogP contribution is 2.26. The number of carbonyl (C=O) groups excluding carboxylic acids is 1. The van der Waals surface area contributed by atoms with Crippen LogP contribution in [0.3, 0.4) is 0 Å². The second kappa shape index (κ2) is 5.76. The molecule has 0 atom stereocenters. The van der Waals surface area contributed by atoms with Crippen molar-refractivity contribution in [2.45, 2.75) is 32.7 Å². The van der Waals surface area contributed by atoms with E-state index in [0.717, 1.165) is 24.2 Å². The first-order valence-electron chi connectivity index (χ1n) is 7.40. The van der Waals surface area contributed by atoms with E-state index in [2.05, 4.69) is 31.7 Å². The highest BCUT2D eigenvalue weighted by atomic mass is 19.1. The molecule has 1 aliphatic heterocycles. The van der Waals surface area contributed by atoms with Gasteiger partial charge < -0.3 is 4.90 Å². The Morgan fingerprint density at radius 3 is 2.43 bits per heavy atom. The lowest BCUT2D eigenvalue weighted by Gasteiger charge is -2.39. The molecule has 4 heteroatoms. The number of amides is 1. The molecule has 2 rings (SSSR count). The molecule has 1 aliphatic rings. The van der Waals surface area contributed by atoms with Gasteiger partial charge in [0.25, 0.3) is 0 Å². The fourth-order valence-corrected chi connectivity index (χ4v) is 2.65. The van der Waals surface area contributed by atoms with Gasteiger partial charge in [0.2, 0.25) is 5.91 Å². The van der Waals surface area contributed by atoms with Gasteiger partial charge in [0.15, 0.2) is 0 Å². The third-order valence-electron chi connectivity index (χ3n) is 3.98. The number of halogens is 1. The van der Waals surface area contributed by atoms with Crippen LogP contribution >= 0.6 is 0 Å². The van der Waals surface area contributed by atoms with E-state index in [-0.39, 0.29) is 23.1 Å². The van der Waals surface area contributed by atoms with E-state index < -0.39 is 0 Å². The van der Waals surface area contributed by atoms with E-state index in [9.17, 15) is 9.18 Å². The minimum Gasteiger partial charge on any atom is -0.348 e. The van der Waals surface area contributed by atoms with Gasteiger partial charge in [0, 0.05) is 33.7 Å². The number of hydrogen-bond acceptors (Lipinski definition) is 2. The van der Waals surface area contributed by atoms with Crippen molar-refractivity contribution < 1.29 is 9.18 Å². The molecular formula is C17H25FN2O. The Morgan fingerprint density at radius 2 is 1.90 bits per heavy atom. The summed E-state index contributed by atoms with van der Waals surface area (Å²) in [6, 6.07) is 5.28. The Bertz CT molecular complexity index is 528. The molecular weight excluding hydrogens is 267 g/mol. The summed E-state index contributed by atoms with van der Waals surface area (Å²) in [7, 11) is 3.57.